The van der Waals surface area contributed by atoms with Gasteiger partial charge in [0, 0.05) is 17.4 Å². The Morgan fingerprint density at radius 2 is 2.20 bits per heavy atom. The van der Waals surface area contributed by atoms with Crippen molar-refractivity contribution in [2.45, 2.75) is 19.3 Å². The van der Waals surface area contributed by atoms with Crippen LogP contribution in [0.2, 0.25) is 0 Å². The minimum Gasteiger partial charge on any atom is -0.461 e. The highest BCUT2D eigenvalue weighted by Gasteiger charge is 2.23. The van der Waals surface area contributed by atoms with Crippen molar-refractivity contribution in [2.75, 3.05) is 0 Å². The molecule has 0 amide bonds. The van der Waals surface area contributed by atoms with Crippen molar-refractivity contribution in [2.24, 2.45) is 5.92 Å². The first-order valence-electron chi connectivity index (χ1n) is 5.27. The molecular formula is C13H11NO. The molecule has 0 radical (unpaired) electrons. The monoisotopic (exact) mass is 197 g/mol. The number of furan rings is 1. The summed E-state index contributed by atoms with van der Waals surface area (Å²) >= 11 is 0. The number of hydrogen-bond donors (Lipinski definition) is 0. The number of rotatable bonds is 0. The standard InChI is InChI=1S/C13H11NO/c14-8-9-5-6-11-10-3-1-2-4-12(10)15-13(11)7-9/h1-4,9H,5-7H2. The molecule has 3 rings (SSSR count). The van der Waals surface area contributed by atoms with Gasteiger partial charge in [0.25, 0.3) is 0 Å². The van der Waals surface area contributed by atoms with Crippen molar-refractivity contribution in [1.29, 1.82) is 5.26 Å². The van der Waals surface area contributed by atoms with E-state index in [1.54, 1.807) is 0 Å². The van der Waals surface area contributed by atoms with E-state index in [1.807, 2.05) is 18.2 Å². The van der Waals surface area contributed by atoms with Crippen LogP contribution in [0, 0.1) is 17.2 Å². The number of fused-ring (bicyclic) bond motifs is 3. The molecule has 0 saturated heterocycles. The van der Waals surface area contributed by atoms with E-state index in [9.17, 15) is 0 Å². The molecule has 1 aliphatic carbocycles. The van der Waals surface area contributed by atoms with Gasteiger partial charge in [0.2, 0.25) is 0 Å². The van der Waals surface area contributed by atoms with Crippen molar-refractivity contribution in [1.82, 2.24) is 0 Å². The summed E-state index contributed by atoms with van der Waals surface area (Å²) in [6.45, 7) is 0. The van der Waals surface area contributed by atoms with Gasteiger partial charge in [0.15, 0.2) is 0 Å². The normalized spacial score (nSPS) is 19.8. The maximum Gasteiger partial charge on any atom is 0.134 e. The molecule has 1 aromatic carbocycles. The van der Waals surface area contributed by atoms with Gasteiger partial charge in [0.05, 0.1) is 12.0 Å². The fourth-order valence-electron chi connectivity index (χ4n) is 2.34. The Hall–Kier alpha value is -1.75. The highest BCUT2D eigenvalue weighted by atomic mass is 16.3. The Kier molecular flexibility index (Phi) is 1.78. The lowest BCUT2D eigenvalue weighted by Crippen LogP contribution is -2.10. The van der Waals surface area contributed by atoms with Crippen LogP contribution >= 0.6 is 0 Å². The third-order valence-electron chi connectivity index (χ3n) is 3.14. The largest absolute Gasteiger partial charge is 0.461 e. The van der Waals surface area contributed by atoms with E-state index in [-0.39, 0.29) is 5.92 Å². The fraction of sp³-hybridized carbons (Fsp3) is 0.308. The number of para-hydroxylation sites is 1. The van der Waals surface area contributed by atoms with Gasteiger partial charge in [0.1, 0.15) is 11.3 Å². The molecule has 1 aliphatic rings. The van der Waals surface area contributed by atoms with Crippen molar-refractivity contribution in [3.63, 3.8) is 0 Å². The Morgan fingerprint density at radius 1 is 1.33 bits per heavy atom. The molecule has 2 nitrogen and oxygen atoms in total. The molecule has 1 atom stereocenters. The van der Waals surface area contributed by atoms with Crippen LogP contribution < -0.4 is 0 Å². The second-order valence-corrected chi connectivity index (χ2v) is 4.07. The van der Waals surface area contributed by atoms with E-state index in [2.05, 4.69) is 12.1 Å². The molecule has 1 unspecified atom stereocenters. The van der Waals surface area contributed by atoms with Crippen molar-refractivity contribution >= 4 is 11.0 Å². The number of nitriles is 1. The Labute approximate surface area is 88.1 Å². The van der Waals surface area contributed by atoms with Crippen LogP contribution in [-0.4, -0.2) is 0 Å². The number of benzene rings is 1. The number of hydrogen-bond acceptors (Lipinski definition) is 2. The molecule has 15 heavy (non-hydrogen) atoms. The quantitative estimate of drug-likeness (QED) is 0.650. The second kappa shape index (κ2) is 3.13. The molecule has 0 spiro atoms. The molecule has 1 heterocycles. The Morgan fingerprint density at radius 3 is 3.07 bits per heavy atom. The SMILES string of the molecule is N#CC1CCc2c(oc3ccccc23)C1. The van der Waals surface area contributed by atoms with Crippen LogP contribution in [0.5, 0.6) is 0 Å². The maximum atomic E-state index is 8.90. The van der Waals surface area contributed by atoms with Gasteiger partial charge in [-0.2, -0.15) is 5.26 Å². The Bertz CT molecular complexity index is 547. The maximum absolute atomic E-state index is 8.90. The first-order chi connectivity index (χ1) is 7.38. The average molecular weight is 197 g/mol. The number of aryl methyl sites for hydroxylation is 1. The summed E-state index contributed by atoms with van der Waals surface area (Å²) in [5, 5.41) is 10.1. The minimum atomic E-state index is 0.137. The predicted molar refractivity (Wildman–Crippen MR) is 57.3 cm³/mol. The van der Waals surface area contributed by atoms with Gasteiger partial charge >= 0.3 is 0 Å². The summed E-state index contributed by atoms with van der Waals surface area (Å²) in [4.78, 5) is 0. The van der Waals surface area contributed by atoms with E-state index in [0.717, 1.165) is 30.6 Å². The van der Waals surface area contributed by atoms with Gasteiger partial charge in [-0.25, -0.2) is 0 Å². The third-order valence-corrected chi connectivity index (χ3v) is 3.14. The fourth-order valence-corrected chi connectivity index (χ4v) is 2.34. The second-order valence-electron chi connectivity index (χ2n) is 4.07. The van der Waals surface area contributed by atoms with Crippen molar-refractivity contribution in [3.05, 3.63) is 35.6 Å². The van der Waals surface area contributed by atoms with Gasteiger partial charge in [-0.15, -0.1) is 0 Å². The van der Waals surface area contributed by atoms with Crippen LogP contribution in [0.25, 0.3) is 11.0 Å². The molecule has 1 aromatic heterocycles. The van der Waals surface area contributed by atoms with Gasteiger partial charge in [-0.1, -0.05) is 18.2 Å². The molecule has 2 heteroatoms. The van der Waals surface area contributed by atoms with Gasteiger partial charge < -0.3 is 4.42 Å². The lowest BCUT2D eigenvalue weighted by molar-refractivity contribution is 0.460. The summed E-state index contributed by atoms with van der Waals surface area (Å²) in [6, 6.07) is 10.4. The van der Waals surface area contributed by atoms with Crippen LogP contribution in [0.3, 0.4) is 0 Å². The zero-order valence-corrected chi connectivity index (χ0v) is 8.36. The summed E-state index contributed by atoms with van der Waals surface area (Å²) in [7, 11) is 0. The molecule has 74 valence electrons. The predicted octanol–water partition coefficient (Wildman–Crippen LogP) is 3.06. The molecule has 0 aliphatic heterocycles. The first-order valence-corrected chi connectivity index (χ1v) is 5.27. The summed E-state index contributed by atoms with van der Waals surface area (Å²) in [5.41, 5.74) is 2.28. The zero-order chi connectivity index (χ0) is 10.3. The summed E-state index contributed by atoms with van der Waals surface area (Å²) in [5.74, 6) is 1.16. The smallest absolute Gasteiger partial charge is 0.134 e. The lowest BCUT2D eigenvalue weighted by Gasteiger charge is -2.14. The molecular weight excluding hydrogens is 186 g/mol. The van der Waals surface area contributed by atoms with E-state index < -0.39 is 0 Å². The Balaban J connectivity index is 2.17. The van der Waals surface area contributed by atoms with E-state index in [0.29, 0.717) is 0 Å². The highest BCUT2D eigenvalue weighted by Crippen LogP contribution is 2.33. The molecule has 0 saturated carbocycles. The van der Waals surface area contributed by atoms with E-state index >= 15 is 0 Å². The molecule has 2 aromatic rings. The van der Waals surface area contributed by atoms with Crippen LogP contribution in [0.15, 0.2) is 28.7 Å². The van der Waals surface area contributed by atoms with Crippen LogP contribution in [0.4, 0.5) is 0 Å². The average Bonchev–Trinajstić information content (AvgIpc) is 2.66. The van der Waals surface area contributed by atoms with Crippen LogP contribution in [-0.2, 0) is 12.8 Å². The minimum absolute atomic E-state index is 0.137. The van der Waals surface area contributed by atoms with Crippen molar-refractivity contribution in [3.8, 4) is 6.07 Å². The highest BCUT2D eigenvalue weighted by molar-refractivity contribution is 5.82. The van der Waals surface area contributed by atoms with E-state index in [4.69, 9.17) is 9.68 Å². The van der Waals surface area contributed by atoms with Crippen molar-refractivity contribution < 1.29 is 4.42 Å². The van der Waals surface area contributed by atoms with E-state index in [1.165, 1.54) is 10.9 Å². The van der Waals surface area contributed by atoms with Gasteiger partial charge in [-0.05, 0) is 18.9 Å². The topological polar surface area (TPSA) is 36.9 Å². The summed E-state index contributed by atoms with van der Waals surface area (Å²) in [6.07, 6.45) is 2.72. The summed E-state index contributed by atoms with van der Waals surface area (Å²) < 4.78 is 5.77. The zero-order valence-electron chi connectivity index (χ0n) is 8.36. The van der Waals surface area contributed by atoms with Gasteiger partial charge in [-0.3, -0.25) is 0 Å². The lowest BCUT2D eigenvalue weighted by atomic mass is 9.88. The molecule has 0 bridgehead atoms. The third kappa shape index (κ3) is 1.24. The van der Waals surface area contributed by atoms with Crippen LogP contribution in [0.1, 0.15) is 17.7 Å². The number of nitrogens with zero attached hydrogens (tertiary/aromatic N) is 1. The molecule has 0 N–H and O–H groups in total. The molecule has 0 fully saturated rings. The first kappa shape index (κ1) is 8.55.